The molecule has 0 aliphatic carbocycles. The van der Waals surface area contributed by atoms with Crippen molar-refractivity contribution < 1.29 is 4.21 Å². The maximum absolute atomic E-state index is 12.6. The first kappa shape index (κ1) is 16.6. The molecule has 2 aromatic heterocycles. The van der Waals surface area contributed by atoms with Crippen LogP contribution in [0.25, 0.3) is 11.2 Å². The third-order valence-electron chi connectivity index (χ3n) is 4.99. The minimum Gasteiger partial charge on any atom is -0.329 e. The molecule has 0 radical (unpaired) electrons. The smallest absolute Gasteiger partial charge is 0.198 e. The minimum atomic E-state index is -1.13. The van der Waals surface area contributed by atoms with Gasteiger partial charge in [0.2, 0.25) is 0 Å². The first-order valence-electron chi connectivity index (χ1n) is 8.26. The molecular formula is C17H26N4OS. The molecule has 0 bridgehead atoms. The van der Waals surface area contributed by atoms with E-state index in [9.17, 15) is 4.21 Å². The highest BCUT2D eigenvalue weighted by molar-refractivity contribution is 7.84. The summed E-state index contributed by atoms with van der Waals surface area (Å²) in [5, 5.41) is 0.534. The molecule has 0 aromatic carbocycles. The Balaban J connectivity index is 1.72. The first-order chi connectivity index (χ1) is 10.8. The fourth-order valence-corrected chi connectivity index (χ4v) is 4.80. The van der Waals surface area contributed by atoms with Crippen molar-refractivity contribution in [3.63, 3.8) is 0 Å². The Labute approximate surface area is 140 Å². The second kappa shape index (κ2) is 5.98. The Kier molecular flexibility index (Phi) is 4.31. The van der Waals surface area contributed by atoms with Crippen LogP contribution in [0.2, 0.25) is 0 Å². The third-order valence-corrected chi connectivity index (χ3v) is 6.17. The average Bonchev–Trinajstić information content (AvgIpc) is 2.89. The minimum absolute atomic E-state index is 0.154. The highest BCUT2D eigenvalue weighted by Crippen LogP contribution is 2.37. The van der Waals surface area contributed by atoms with Gasteiger partial charge in [0, 0.05) is 29.6 Å². The maximum atomic E-state index is 12.6. The van der Waals surface area contributed by atoms with Crippen LogP contribution in [0.15, 0.2) is 23.5 Å². The van der Waals surface area contributed by atoms with Crippen LogP contribution in [0.4, 0.5) is 0 Å². The summed E-state index contributed by atoms with van der Waals surface area (Å²) in [7, 11) is -1.13. The average molecular weight is 334 g/mol. The second-order valence-electron chi connectivity index (χ2n) is 7.60. The van der Waals surface area contributed by atoms with Gasteiger partial charge in [0.1, 0.15) is 0 Å². The fraction of sp³-hybridized carbons (Fsp3) is 0.647. The summed E-state index contributed by atoms with van der Waals surface area (Å²) < 4.78 is 12.6. The van der Waals surface area contributed by atoms with Gasteiger partial charge in [-0.15, -0.1) is 0 Å². The lowest BCUT2D eigenvalue weighted by molar-refractivity contribution is -0.0210. The predicted octanol–water partition coefficient (Wildman–Crippen LogP) is 3.11. The van der Waals surface area contributed by atoms with Crippen LogP contribution in [0, 0.1) is 0 Å². The maximum Gasteiger partial charge on any atom is 0.198 e. The molecule has 1 fully saturated rings. The van der Waals surface area contributed by atoms with Crippen molar-refractivity contribution in [2.24, 2.45) is 0 Å². The lowest BCUT2D eigenvalue weighted by atomic mass is 9.80. The van der Waals surface area contributed by atoms with Gasteiger partial charge in [-0.1, -0.05) is 0 Å². The largest absolute Gasteiger partial charge is 0.329 e. The van der Waals surface area contributed by atoms with E-state index in [1.165, 1.54) is 19.3 Å². The highest BCUT2D eigenvalue weighted by atomic mass is 32.2. The number of hydrogen-bond acceptors (Lipinski definition) is 4. The van der Waals surface area contributed by atoms with Crippen LogP contribution in [-0.4, -0.2) is 47.4 Å². The topological polar surface area (TPSA) is 61.9 Å². The zero-order chi connectivity index (χ0) is 16.7. The number of nitrogens with one attached hydrogen (secondary N) is 1. The molecule has 2 aromatic rings. The number of H-pyrrole nitrogens is 1. The predicted molar refractivity (Wildman–Crippen MR) is 93.9 cm³/mol. The Bertz CT molecular complexity index is 673. The molecule has 1 N–H and O–H groups in total. The number of aromatic amines is 1. The lowest BCUT2D eigenvalue weighted by Gasteiger charge is -2.53. The summed E-state index contributed by atoms with van der Waals surface area (Å²) in [4.78, 5) is 14.2. The number of nitrogens with zero attached hydrogens (tertiary/aromatic N) is 3. The second-order valence-corrected chi connectivity index (χ2v) is 9.08. The number of imidazole rings is 1. The Morgan fingerprint density at radius 3 is 2.61 bits per heavy atom. The quantitative estimate of drug-likeness (QED) is 0.933. The summed E-state index contributed by atoms with van der Waals surface area (Å²) in [6.45, 7) is 9.99. The van der Waals surface area contributed by atoms with E-state index in [2.05, 4.69) is 47.5 Å². The number of likely N-dealkylation sites (tertiary alicyclic amines) is 1. The van der Waals surface area contributed by atoms with Gasteiger partial charge in [-0.25, -0.2) is 9.97 Å². The van der Waals surface area contributed by atoms with Crippen molar-refractivity contribution in [2.75, 3.05) is 12.3 Å². The van der Waals surface area contributed by atoms with Gasteiger partial charge in [-0.3, -0.25) is 9.11 Å². The molecular weight excluding hydrogens is 308 g/mol. The lowest BCUT2D eigenvalue weighted by Crippen LogP contribution is -2.59. The molecule has 5 nitrogen and oxygen atoms in total. The molecule has 0 spiro atoms. The monoisotopic (exact) mass is 334 g/mol. The van der Waals surface area contributed by atoms with Gasteiger partial charge in [0.15, 0.2) is 10.8 Å². The van der Waals surface area contributed by atoms with Crippen LogP contribution < -0.4 is 0 Å². The molecule has 1 saturated heterocycles. The number of hydrogen-bond donors (Lipinski definition) is 1. The van der Waals surface area contributed by atoms with E-state index >= 15 is 0 Å². The van der Waals surface area contributed by atoms with Crippen molar-refractivity contribution in [1.82, 2.24) is 19.9 Å². The zero-order valence-corrected chi connectivity index (χ0v) is 15.2. The van der Waals surface area contributed by atoms with Crippen molar-refractivity contribution >= 4 is 22.0 Å². The van der Waals surface area contributed by atoms with E-state index in [0.717, 1.165) is 12.1 Å². The van der Waals surface area contributed by atoms with Gasteiger partial charge in [0.05, 0.1) is 16.3 Å². The Morgan fingerprint density at radius 2 is 1.96 bits per heavy atom. The molecule has 0 amide bonds. The van der Waals surface area contributed by atoms with Crippen molar-refractivity contribution in [2.45, 2.75) is 63.2 Å². The number of rotatable bonds is 4. The molecule has 1 atom stereocenters. The highest BCUT2D eigenvalue weighted by Gasteiger charge is 2.40. The molecule has 0 saturated carbocycles. The normalized spacial score (nSPS) is 22.3. The number of piperidine rings is 1. The van der Waals surface area contributed by atoms with Gasteiger partial charge in [-0.2, -0.15) is 0 Å². The summed E-state index contributed by atoms with van der Waals surface area (Å²) in [5.41, 5.74) is 1.78. The fourth-order valence-electron chi connectivity index (χ4n) is 3.85. The Hall–Kier alpha value is -1.27. The summed E-state index contributed by atoms with van der Waals surface area (Å²) in [6.07, 6.45) is 5.35. The van der Waals surface area contributed by atoms with Crippen LogP contribution in [0.3, 0.4) is 0 Å². The number of fused-ring (bicyclic) bond motifs is 1. The summed E-state index contributed by atoms with van der Waals surface area (Å²) in [6, 6.07) is 3.76. The van der Waals surface area contributed by atoms with E-state index in [1.54, 1.807) is 6.20 Å². The zero-order valence-electron chi connectivity index (χ0n) is 14.4. The van der Waals surface area contributed by atoms with Crippen LogP contribution in [0.1, 0.15) is 47.0 Å². The molecule has 1 unspecified atom stereocenters. The van der Waals surface area contributed by atoms with E-state index in [1.807, 2.05) is 12.1 Å². The molecule has 6 heteroatoms. The van der Waals surface area contributed by atoms with Crippen LogP contribution in [-0.2, 0) is 10.8 Å². The van der Waals surface area contributed by atoms with E-state index in [4.69, 9.17) is 0 Å². The van der Waals surface area contributed by atoms with Crippen molar-refractivity contribution in [3.8, 4) is 0 Å². The molecule has 126 valence electrons. The Morgan fingerprint density at radius 1 is 1.26 bits per heavy atom. The molecule has 3 rings (SSSR count). The standard InChI is InChI=1S/C17H26N4OS/c1-16(2)8-6-9-17(3,4)21(16)11-12-23(22)15-19-13-7-5-10-18-14(13)20-15/h5,7,10H,6,8-9,11-12H2,1-4H3,(H,18,19,20). The van der Waals surface area contributed by atoms with Gasteiger partial charge in [-0.05, 0) is 59.1 Å². The van der Waals surface area contributed by atoms with Gasteiger partial charge >= 0.3 is 0 Å². The summed E-state index contributed by atoms with van der Waals surface area (Å²) in [5.74, 6) is 0.590. The van der Waals surface area contributed by atoms with Crippen LogP contribution in [0.5, 0.6) is 0 Å². The van der Waals surface area contributed by atoms with Gasteiger partial charge < -0.3 is 4.98 Å². The number of aromatic nitrogens is 3. The molecule has 1 aliphatic rings. The van der Waals surface area contributed by atoms with Crippen LogP contribution >= 0.6 is 0 Å². The van der Waals surface area contributed by atoms with Crippen molar-refractivity contribution in [3.05, 3.63) is 18.3 Å². The van der Waals surface area contributed by atoms with E-state index < -0.39 is 10.8 Å². The van der Waals surface area contributed by atoms with E-state index in [0.29, 0.717) is 16.6 Å². The molecule has 1 aliphatic heterocycles. The third kappa shape index (κ3) is 3.33. The number of pyridine rings is 1. The molecule has 23 heavy (non-hydrogen) atoms. The first-order valence-corrected chi connectivity index (χ1v) is 9.58. The van der Waals surface area contributed by atoms with Gasteiger partial charge in [0.25, 0.3) is 0 Å². The van der Waals surface area contributed by atoms with Crippen molar-refractivity contribution in [1.29, 1.82) is 0 Å². The SMILES string of the molecule is CC1(C)CCCC(C)(C)N1CCS(=O)c1nc2ncccc2[nH]1. The summed E-state index contributed by atoms with van der Waals surface area (Å²) >= 11 is 0. The molecule has 3 heterocycles. The van der Waals surface area contributed by atoms with E-state index in [-0.39, 0.29) is 11.1 Å².